The summed E-state index contributed by atoms with van der Waals surface area (Å²) >= 11 is 3.98. The molecule has 0 saturated heterocycles. The second-order valence-corrected chi connectivity index (χ2v) is 9.65. The molecule has 2 atom stereocenters. The van der Waals surface area contributed by atoms with Gasteiger partial charge in [-0.15, -0.1) is 0 Å². The van der Waals surface area contributed by atoms with Crippen LogP contribution in [0.25, 0.3) is 21.5 Å². The van der Waals surface area contributed by atoms with Crippen molar-refractivity contribution in [2.24, 2.45) is 0 Å². The summed E-state index contributed by atoms with van der Waals surface area (Å²) in [6.45, 7) is 0.0255. The second-order valence-electron chi connectivity index (χ2n) is 9.33. The van der Waals surface area contributed by atoms with E-state index in [-0.39, 0.29) is 24.5 Å². The van der Waals surface area contributed by atoms with Crippen molar-refractivity contribution < 1.29 is 28.9 Å². The Morgan fingerprint density at radius 2 is 1.46 bits per heavy atom. The minimum absolute atomic E-state index is 0.0255. The first-order valence-electron chi connectivity index (χ1n) is 13.2. The minimum Gasteiger partial charge on any atom is -0.507 e. The molecule has 7 nitrogen and oxygen atoms in total. The Bertz CT molecular complexity index is 1650. The molecule has 0 bridgehead atoms. The van der Waals surface area contributed by atoms with Gasteiger partial charge in [0.1, 0.15) is 17.6 Å². The summed E-state index contributed by atoms with van der Waals surface area (Å²) in [6.07, 6.45) is -2.16. The Morgan fingerprint density at radius 1 is 0.780 bits per heavy atom. The number of amides is 1. The van der Waals surface area contributed by atoms with Gasteiger partial charge in [-0.25, -0.2) is 4.79 Å². The number of nitrogens with one attached hydrogen (secondary N) is 1. The average molecular weight is 568 g/mol. The molecule has 0 unspecified atom stereocenters. The summed E-state index contributed by atoms with van der Waals surface area (Å²) in [5.41, 5.74) is 1.23. The van der Waals surface area contributed by atoms with Crippen LogP contribution in [-0.4, -0.2) is 35.6 Å². The summed E-state index contributed by atoms with van der Waals surface area (Å²) in [7, 11) is 0. The van der Waals surface area contributed by atoms with Crippen molar-refractivity contribution in [2.45, 2.75) is 18.6 Å². The lowest BCUT2D eigenvalue weighted by atomic mass is 9.95. The SMILES string of the molecule is O=C(CS)OCC[C@H](Oc1ccccc1)[C@@H](OC(=O)Nc1cccc2ccccc12)c1ccc(O)c2ccccc12. The van der Waals surface area contributed by atoms with Crippen LogP contribution in [0, 0.1) is 0 Å². The van der Waals surface area contributed by atoms with Crippen LogP contribution in [0.2, 0.25) is 0 Å². The number of para-hydroxylation sites is 1. The summed E-state index contributed by atoms with van der Waals surface area (Å²) in [4.78, 5) is 25.3. The second kappa shape index (κ2) is 13.1. The first-order valence-corrected chi connectivity index (χ1v) is 13.8. The first kappa shape index (κ1) is 27.9. The van der Waals surface area contributed by atoms with Gasteiger partial charge < -0.3 is 19.3 Å². The predicted octanol–water partition coefficient (Wildman–Crippen LogP) is 7.30. The molecule has 0 aliphatic carbocycles. The Balaban J connectivity index is 1.53. The van der Waals surface area contributed by atoms with Gasteiger partial charge in [-0.3, -0.25) is 10.1 Å². The van der Waals surface area contributed by atoms with Crippen molar-refractivity contribution in [1.29, 1.82) is 0 Å². The topological polar surface area (TPSA) is 94.1 Å². The van der Waals surface area contributed by atoms with Gasteiger partial charge in [0.25, 0.3) is 0 Å². The number of anilines is 1. The summed E-state index contributed by atoms with van der Waals surface area (Å²) in [5.74, 6) is 0.143. The number of rotatable bonds is 10. The highest BCUT2D eigenvalue weighted by molar-refractivity contribution is 7.81. The molecule has 0 saturated carbocycles. The highest BCUT2D eigenvalue weighted by atomic mass is 32.1. The molecule has 5 rings (SSSR count). The summed E-state index contributed by atoms with van der Waals surface area (Å²) in [6, 6.07) is 33.1. The van der Waals surface area contributed by atoms with Crippen molar-refractivity contribution in [2.75, 3.05) is 17.7 Å². The van der Waals surface area contributed by atoms with E-state index in [4.69, 9.17) is 14.2 Å². The standard InChI is InChI=1S/C33H29NO6S/c35-29-18-17-27(25-14-6-7-15-26(25)29)32(30(19-20-38-31(36)21-41)39-23-11-2-1-3-12-23)40-33(37)34-28-16-8-10-22-9-4-5-13-24(22)28/h1-18,30,32,35,41H,19-21H2,(H,34,37)/t30-,32-/m0/s1. The normalized spacial score (nSPS) is 12.4. The van der Waals surface area contributed by atoms with Gasteiger partial charge in [-0.1, -0.05) is 84.9 Å². The molecule has 0 heterocycles. The van der Waals surface area contributed by atoms with Crippen LogP contribution in [0.5, 0.6) is 11.5 Å². The third-order valence-electron chi connectivity index (χ3n) is 6.66. The first-order chi connectivity index (χ1) is 20.0. The molecular weight excluding hydrogens is 538 g/mol. The Labute approximate surface area is 243 Å². The van der Waals surface area contributed by atoms with Gasteiger partial charge in [0, 0.05) is 22.8 Å². The number of hydrogen-bond acceptors (Lipinski definition) is 7. The zero-order chi connectivity index (χ0) is 28.6. The molecule has 208 valence electrons. The Kier molecular flexibility index (Phi) is 8.91. The summed E-state index contributed by atoms with van der Waals surface area (Å²) in [5, 5.41) is 16.6. The lowest BCUT2D eigenvalue weighted by Gasteiger charge is -2.29. The highest BCUT2D eigenvalue weighted by Gasteiger charge is 2.31. The molecule has 0 radical (unpaired) electrons. The van der Waals surface area contributed by atoms with E-state index in [1.54, 1.807) is 30.3 Å². The van der Waals surface area contributed by atoms with Crippen LogP contribution in [0.4, 0.5) is 10.5 Å². The Morgan fingerprint density at radius 3 is 2.24 bits per heavy atom. The van der Waals surface area contributed by atoms with E-state index in [0.717, 1.165) is 10.8 Å². The van der Waals surface area contributed by atoms with Gasteiger partial charge >= 0.3 is 12.1 Å². The van der Waals surface area contributed by atoms with Crippen molar-refractivity contribution in [3.63, 3.8) is 0 Å². The lowest BCUT2D eigenvalue weighted by Crippen LogP contribution is -2.32. The zero-order valence-electron chi connectivity index (χ0n) is 22.1. The maximum absolute atomic E-state index is 13.5. The van der Waals surface area contributed by atoms with Crippen LogP contribution >= 0.6 is 12.6 Å². The number of phenolic OH excluding ortho intramolecular Hbond substituents is 1. The fourth-order valence-electron chi connectivity index (χ4n) is 4.76. The number of phenols is 1. The van der Waals surface area contributed by atoms with E-state index < -0.39 is 24.3 Å². The predicted molar refractivity (Wildman–Crippen MR) is 163 cm³/mol. The summed E-state index contributed by atoms with van der Waals surface area (Å²) < 4.78 is 17.8. The van der Waals surface area contributed by atoms with E-state index in [1.165, 1.54) is 0 Å². The molecule has 0 aliphatic heterocycles. The van der Waals surface area contributed by atoms with E-state index in [2.05, 4.69) is 17.9 Å². The number of carbonyl (C=O) groups is 2. The maximum atomic E-state index is 13.5. The van der Waals surface area contributed by atoms with Crippen LogP contribution in [-0.2, 0) is 14.3 Å². The zero-order valence-corrected chi connectivity index (χ0v) is 23.0. The average Bonchev–Trinajstić information content (AvgIpc) is 3.00. The van der Waals surface area contributed by atoms with Crippen molar-refractivity contribution in [3.05, 3.63) is 115 Å². The third-order valence-corrected chi connectivity index (χ3v) is 6.92. The van der Waals surface area contributed by atoms with Gasteiger partial charge in [-0.05, 0) is 35.0 Å². The van der Waals surface area contributed by atoms with Gasteiger partial charge in [0.2, 0.25) is 0 Å². The molecule has 0 spiro atoms. The number of hydrogen-bond donors (Lipinski definition) is 3. The molecule has 2 N–H and O–H groups in total. The van der Waals surface area contributed by atoms with E-state index in [1.807, 2.05) is 78.9 Å². The fraction of sp³-hybridized carbons (Fsp3) is 0.152. The molecule has 8 heteroatoms. The maximum Gasteiger partial charge on any atom is 0.412 e. The number of ether oxygens (including phenoxy) is 3. The molecule has 0 fully saturated rings. The van der Waals surface area contributed by atoms with E-state index >= 15 is 0 Å². The van der Waals surface area contributed by atoms with Gasteiger partial charge in [0.15, 0.2) is 6.10 Å². The number of esters is 1. The van der Waals surface area contributed by atoms with Crippen LogP contribution in [0.1, 0.15) is 18.1 Å². The van der Waals surface area contributed by atoms with Crippen molar-refractivity contribution in [1.82, 2.24) is 0 Å². The lowest BCUT2D eigenvalue weighted by molar-refractivity contribution is -0.141. The minimum atomic E-state index is -0.939. The largest absolute Gasteiger partial charge is 0.507 e. The molecule has 5 aromatic rings. The molecule has 0 aromatic heterocycles. The van der Waals surface area contributed by atoms with Crippen molar-refractivity contribution in [3.8, 4) is 11.5 Å². The monoisotopic (exact) mass is 567 g/mol. The number of benzene rings is 5. The van der Waals surface area contributed by atoms with Crippen LogP contribution in [0.15, 0.2) is 109 Å². The highest BCUT2D eigenvalue weighted by Crippen LogP contribution is 2.36. The van der Waals surface area contributed by atoms with Crippen molar-refractivity contribution >= 4 is 51.9 Å². The van der Waals surface area contributed by atoms with Crippen LogP contribution < -0.4 is 10.1 Å². The third kappa shape index (κ3) is 6.73. The van der Waals surface area contributed by atoms with Gasteiger partial charge in [-0.2, -0.15) is 12.6 Å². The molecular formula is C33H29NO6S. The van der Waals surface area contributed by atoms with Gasteiger partial charge in [0.05, 0.1) is 18.0 Å². The van der Waals surface area contributed by atoms with E-state index in [9.17, 15) is 14.7 Å². The number of fused-ring (bicyclic) bond motifs is 2. The van der Waals surface area contributed by atoms with E-state index in [0.29, 0.717) is 27.8 Å². The number of carbonyl (C=O) groups excluding carboxylic acids is 2. The quantitative estimate of drug-likeness (QED) is 0.121. The fourth-order valence-corrected chi connectivity index (χ4v) is 4.86. The number of thiol groups is 1. The molecule has 1 amide bonds. The smallest absolute Gasteiger partial charge is 0.412 e. The molecule has 0 aliphatic rings. The number of aromatic hydroxyl groups is 1. The Hall–Kier alpha value is -4.69. The molecule has 41 heavy (non-hydrogen) atoms. The molecule has 5 aromatic carbocycles. The van der Waals surface area contributed by atoms with Crippen LogP contribution in [0.3, 0.4) is 0 Å².